The highest BCUT2D eigenvalue weighted by molar-refractivity contribution is 7.16. The fourth-order valence-corrected chi connectivity index (χ4v) is 4.24. The van der Waals surface area contributed by atoms with Crippen LogP contribution in [0.25, 0.3) is 11.3 Å². The van der Waals surface area contributed by atoms with Gasteiger partial charge in [0, 0.05) is 34.3 Å². The number of thiazole rings is 1. The Morgan fingerprint density at radius 3 is 2.55 bits per heavy atom. The van der Waals surface area contributed by atoms with Crippen molar-refractivity contribution in [3.05, 3.63) is 69.8 Å². The summed E-state index contributed by atoms with van der Waals surface area (Å²) in [6.45, 7) is 5.70. The Bertz CT molecular complexity index is 1110. The van der Waals surface area contributed by atoms with Crippen LogP contribution in [0.1, 0.15) is 47.1 Å². The van der Waals surface area contributed by atoms with Crippen molar-refractivity contribution in [1.29, 1.82) is 0 Å². The van der Waals surface area contributed by atoms with Gasteiger partial charge < -0.3 is 0 Å². The van der Waals surface area contributed by atoms with E-state index >= 15 is 0 Å². The molecule has 1 N–H and O–H groups in total. The third-order valence-corrected chi connectivity index (χ3v) is 5.98. The molecule has 1 aliphatic carbocycles. The summed E-state index contributed by atoms with van der Waals surface area (Å²) in [5.41, 5.74) is 3.68. The van der Waals surface area contributed by atoms with E-state index in [2.05, 4.69) is 10.3 Å². The summed E-state index contributed by atoms with van der Waals surface area (Å²) in [5, 5.41) is 3.37. The molecule has 0 unspecified atom stereocenters. The average Bonchev–Trinajstić information content (AvgIpc) is 3.17. The summed E-state index contributed by atoms with van der Waals surface area (Å²) in [4.78, 5) is 30.3. The van der Waals surface area contributed by atoms with Gasteiger partial charge >= 0.3 is 0 Å². The molecule has 0 aliphatic heterocycles. The second-order valence-corrected chi connectivity index (χ2v) is 9.35. The molecule has 1 amide bonds. The molecule has 4 rings (SSSR count). The quantitative estimate of drug-likeness (QED) is 0.501. The summed E-state index contributed by atoms with van der Waals surface area (Å²) in [6.07, 6.45) is 0.983. The number of nitrogens with zero attached hydrogens (tertiary/aromatic N) is 1. The number of hydrogen-bond acceptors (Lipinski definition) is 4. The van der Waals surface area contributed by atoms with E-state index in [1.165, 1.54) is 23.5 Å². The van der Waals surface area contributed by atoms with E-state index in [9.17, 15) is 14.0 Å². The molecule has 6 heteroatoms. The van der Waals surface area contributed by atoms with Gasteiger partial charge in [-0.05, 0) is 41.5 Å². The maximum atomic E-state index is 13.4. The van der Waals surface area contributed by atoms with Crippen molar-refractivity contribution >= 4 is 28.2 Å². The van der Waals surface area contributed by atoms with E-state index in [4.69, 9.17) is 0 Å². The van der Waals surface area contributed by atoms with Crippen molar-refractivity contribution < 1.29 is 14.0 Å². The summed E-state index contributed by atoms with van der Waals surface area (Å²) in [7, 11) is 0. The first-order valence-corrected chi connectivity index (χ1v) is 10.2. The fraction of sp³-hybridized carbons (Fsp3) is 0.261. The van der Waals surface area contributed by atoms with Crippen molar-refractivity contribution in [2.45, 2.75) is 33.6 Å². The predicted molar refractivity (Wildman–Crippen MR) is 113 cm³/mol. The minimum atomic E-state index is -0.383. The molecule has 3 aromatic rings. The third-order valence-electron chi connectivity index (χ3n) is 5.01. The second-order valence-electron chi connectivity index (χ2n) is 8.27. The van der Waals surface area contributed by atoms with E-state index in [0.717, 1.165) is 27.3 Å². The Morgan fingerprint density at radius 1 is 1.14 bits per heavy atom. The van der Waals surface area contributed by atoms with Crippen molar-refractivity contribution in [1.82, 2.24) is 4.98 Å². The van der Waals surface area contributed by atoms with Crippen LogP contribution in [0.3, 0.4) is 0 Å². The zero-order valence-corrected chi connectivity index (χ0v) is 17.3. The average molecular weight is 408 g/mol. The number of ketones is 1. The fourth-order valence-electron chi connectivity index (χ4n) is 3.24. The number of fused-ring (bicyclic) bond motifs is 3. The van der Waals surface area contributed by atoms with E-state index in [1.807, 2.05) is 32.9 Å². The summed E-state index contributed by atoms with van der Waals surface area (Å²) >= 11 is 1.41. The molecule has 2 aromatic carbocycles. The number of benzene rings is 2. The van der Waals surface area contributed by atoms with Crippen LogP contribution >= 0.6 is 11.3 Å². The SMILES string of the molecule is CC(C)(C)C(=O)Cc1ccc(C(=O)Nc2nc3c(s2)Cc2cc(F)ccc2-3)cc1. The second kappa shape index (κ2) is 7.19. The number of Topliss-reactive ketones (excluding diaryl/α,β-unsaturated/α-hetero) is 1. The predicted octanol–water partition coefficient (Wildman–Crippen LogP) is 5.26. The minimum absolute atomic E-state index is 0.159. The third kappa shape index (κ3) is 3.98. The number of aromatic nitrogens is 1. The highest BCUT2D eigenvalue weighted by atomic mass is 32.1. The lowest BCUT2D eigenvalue weighted by Gasteiger charge is -2.16. The smallest absolute Gasteiger partial charge is 0.257 e. The van der Waals surface area contributed by atoms with Crippen LogP contribution in [0.2, 0.25) is 0 Å². The number of hydrogen-bond donors (Lipinski definition) is 1. The molecular weight excluding hydrogens is 387 g/mol. The van der Waals surface area contributed by atoms with Gasteiger partial charge in [-0.15, -0.1) is 11.3 Å². The van der Waals surface area contributed by atoms with Gasteiger partial charge in [-0.1, -0.05) is 32.9 Å². The molecule has 148 valence electrons. The molecule has 0 atom stereocenters. The zero-order valence-electron chi connectivity index (χ0n) is 16.5. The lowest BCUT2D eigenvalue weighted by Crippen LogP contribution is -2.22. The monoisotopic (exact) mass is 408 g/mol. The molecule has 0 bridgehead atoms. The number of anilines is 1. The molecule has 1 aromatic heterocycles. The summed E-state index contributed by atoms with van der Waals surface area (Å²) in [5.74, 6) is -0.335. The Kier molecular flexibility index (Phi) is 4.82. The van der Waals surface area contributed by atoms with Gasteiger partial charge in [0.1, 0.15) is 11.6 Å². The topological polar surface area (TPSA) is 59.1 Å². The zero-order chi connectivity index (χ0) is 20.8. The van der Waals surface area contributed by atoms with Crippen LogP contribution < -0.4 is 5.32 Å². The Labute approximate surface area is 172 Å². The molecular formula is C23H21FN2O2S. The molecule has 4 nitrogen and oxygen atoms in total. The largest absolute Gasteiger partial charge is 0.299 e. The number of halogens is 1. The molecule has 0 radical (unpaired) electrons. The first-order valence-electron chi connectivity index (χ1n) is 9.43. The van der Waals surface area contributed by atoms with E-state index in [0.29, 0.717) is 23.5 Å². The van der Waals surface area contributed by atoms with Crippen LogP contribution in [0, 0.1) is 11.2 Å². The van der Waals surface area contributed by atoms with Crippen LogP contribution in [0.5, 0.6) is 0 Å². The minimum Gasteiger partial charge on any atom is -0.299 e. The molecule has 0 saturated carbocycles. The van der Waals surface area contributed by atoms with Gasteiger partial charge in [0.05, 0.1) is 5.69 Å². The maximum Gasteiger partial charge on any atom is 0.257 e. The van der Waals surface area contributed by atoms with Crippen LogP contribution in [-0.2, 0) is 17.6 Å². The van der Waals surface area contributed by atoms with Gasteiger partial charge in [0.25, 0.3) is 5.91 Å². The molecule has 0 fully saturated rings. The lowest BCUT2D eigenvalue weighted by atomic mass is 9.87. The molecule has 0 saturated heterocycles. The van der Waals surface area contributed by atoms with Crippen molar-refractivity contribution in [2.24, 2.45) is 5.41 Å². The molecule has 1 aliphatic rings. The maximum absolute atomic E-state index is 13.4. The van der Waals surface area contributed by atoms with Gasteiger partial charge in [-0.25, -0.2) is 9.37 Å². The number of amides is 1. The van der Waals surface area contributed by atoms with Gasteiger partial charge in [0.15, 0.2) is 5.13 Å². The lowest BCUT2D eigenvalue weighted by molar-refractivity contribution is -0.125. The van der Waals surface area contributed by atoms with Gasteiger partial charge in [-0.3, -0.25) is 14.9 Å². The van der Waals surface area contributed by atoms with Gasteiger partial charge in [-0.2, -0.15) is 0 Å². The van der Waals surface area contributed by atoms with E-state index in [1.54, 1.807) is 18.2 Å². The molecule has 0 spiro atoms. The van der Waals surface area contributed by atoms with Crippen molar-refractivity contribution in [3.63, 3.8) is 0 Å². The summed E-state index contributed by atoms with van der Waals surface area (Å²) < 4.78 is 13.4. The van der Waals surface area contributed by atoms with Crippen LogP contribution in [0.15, 0.2) is 42.5 Å². The van der Waals surface area contributed by atoms with E-state index < -0.39 is 0 Å². The first-order chi connectivity index (χ1) is 13.7. The number of nitrogens with one attached hydrogen (secondary N) is 1. The highest BCUT2D eigenvalue weighted by Gasteiger charge is 2.25. The van der Waals surface area contributed by atoms with E-state index in [-0.39, 0.29) is 22.9 Å². The number of carbonyl (C=O) groups is 2. The summed E-state index contributed by atoms with van der Waals surface area (Å²) in [6, 6.07) is 11.8. The van der Waals surface area contributed by atoms with Crippen molar-refractivity contribution in [3.8, 4) is 11.3 Å². The Hall–Kier alpha value is -2.86. The van der Waals surface area contributed by atoms with Gasteiger partial charge in [0.2, 0.25) is 0 Å². The van der Waals surface area contributed by atoms with Crippen LogP contribution in [-0.4, -0.2) is 16.7 Å². The first kappa shape index (κ1) is 19.5. The normalized spacial score (nSPS) is 12.4. The molecule has 1 heterocycles. The standard InChI is InChI=1S/C23H21FN2O2S/c1-23(2,3)19(27)10-13-4-6-14(7-5-13)21(28)26-22-25-20-17-9-8-16(24)11-15(17)12-18(20)29-22/h4-9,11H,10,12H2,1-3H3,(H,25,26,28). The van der Waals surface area contributed by atoms with Crippen LogP contribution in [0.4, 0.5) is 9.52 Å². The highest BCUT2D eigenvalue weighted by Crippen LogP contribution is 2.41. The number of rotatable bonds is 4. The Morgan fingerprint density at radius 2 is 1.86 bits per heavy atom. The number of carbonyl (C=O) groups excluding carboxylic acids is 2. The van der Waals surface area contributed by atoms with Crippen molar-refractivity contribution in [2.75, 3.05) is 5.32 Å². The Balaban J connectivity index is 1.45. The molecule has 29 heavy (non-hydrogen) atoms.